The lowest BCUT2D eigenvalue weighted by atomic mass is 9.88. The van der Waals surface area contributed by atoms with Crippen LogP contribution in [0.2, 0.25) is 0 Å². The van der Waals surface area contributed by atoms with E-state index in [1.54, 1.807) is 0 Å². The highest BCUT2D eigenvalue weighted by Gasteiger charge is 2.20. The Morgan fingerprint density at radius 3 is 2.73 bits per heavy atom. The highest BCUT2D eigenvalue weighted by atomic mass is 16.5. The van der Waals surface area contributed by atoms with Gasteiger partial charge in [0.25, 0.3) is 0 Å². The zero-order valence-corrected chi connectivity index (χ0v) is 9.71. The molecule has 0 aromatic carbocycles. The third-order valence-electron chi connectivity index (χ3n) is 3.22. The monoisotopic (exact) mass is 213 g/mol. The molecule has 1 rings (SSSR count). The van der Waals surface area contributed by atoms with Crippen LogP contribution in [0, 0.1) is 11.8 Å². The number of nitrogens with two attached hydrogens (primary N) is 1. The largest absolute Gasteiger partial charge is 0.381 e. The summed E-state index contributed by atoms with van der Waals surface area (Å²) in [6, 6.07) is 0. The van der Waals surface area contributed by atoms with Gasteiger partial charge in [0, 0.05) is 25.6 Å². The molecule has 1 heterocycles. The minimum absolute atomic E-state index is 0.191. The molecule has 0 aliphatic carbocycles. The molecule has 1 aliphatic heterocycles. The van der Waals surface area contributed by atoms with Gasteiger partial charge in [0.2, 0.25) is 0 Å². The lowest BCUT2D eigenvalue weighted by Gasteiger charge is -2.22. The fraction of sp³-hybridized carbons (Fsp3) is 0.917. The zero-order valence-electron chi connectivity index (χ0n) is 9.71. The van der Waals surface area contributed by atoms with Crippen molar-refractivity contribution < 1.29 is 9.53 Å². The van der Waals surface area contributed by atoms with Gasteiger partial charge in [0.1, 0.15) is 5.78 Å². The minimum Gasteiger partial charge on any atom is -0.381 e. The molecule has 3 nitrogen and oxygen atoms in total. The first-order chi connectivity index (χ1) is 7.24. The molecule has 0 saturated carbocycles. The van der Waals surface area contributed by atoms with Crippen molar-refractivity contribution in [1.29, 1.82) is 0 Å². The number of ether oxygens (including phenoxy) is 1. The molecule has 88 valence electrons. The van der Waals surface area contributed by atoms with Gasteiger partial charge in [-0.05, 0) is 38.1 Å². The highest BCUT2D eigenvalue weighted by Crippen LogP contribution is 2.21. The van der Waals surface area contributed by atoms with E-state index in [4.69, 9.17) is 10.5 Å². The Morgan fingerprint density at radius 1 is 1.47 bits per heavy atom. The molecule has 0 aromatic rings. The predicted octanol–water partition coefficient (Wildman–Crippen LogP) is 1.75. The first kappa shape index (κ1) is 12.7. The van der Waals surface area contributed by atoms with Crippen LogP contribution in [0.5, 0.6) is 0 Å². The number of hydrogen-bond donors (Lipinski definition) is 1. The topological polar surface area (TPSA) is 52.3 Å². The highest BCUT2D eigenvalue weighted by molar-refractivity contribution is 5.80. The van der Waals surface area contributed by atoms with E-state index in [1.807, 2.05) is 6.92 Å². The SMILES string of the molecule is CC(CCCN)C(=O)CC1CCOCC1. The quantitative estimate of drug-likeness (QED) is 0.731. The number of carbonyl (C=O) groups excluding carboxylic acids is 1. The van der Waals surface area contributed by atoms with Crippen LogP contribution >= 0.6 is 0 Å². The van der Waals surface area contributed by atoms with Gasteiger partial charge < -0.3 is 10.5 Å². The molecule has 0 aromatic heterocycles. The molecule has 0 radical (unpaired) electrons. The predicted molar refractivity (Wildman–Crippen MR) is 60.6 cm³/mol. The third-order valence-corrected chi connectivity index (χ3v) is 3.22. The van der Waals surface area contributed by atoms with E-state index in [0.29, 0.717) is 18.2 Å². The van der Waals surface area contributed by atoms with E-state index in [1.165, 1.54) is 0 Å². The molecule has 0 bridgehead atoms. The Hall–Kier alpha value is -0.410. The second-order valence-electron chi connectivity index (χ2n) is 4.56. The van der Waals surface area contributed by atoms with Crippen molar-refractivity contribution in [2.75, 3.05) is 19.8 Å². The molecule has 3 heteroatoms. The summed E-state index contributed by atoms with van der Waals surface area (Å²) in [5.41, 5.74) is 5.43. The van der Waals surface area contributed by atoms with Gasteiger partial charge in [-0.1, -0.05) is 6.92 Å². The molecule has 2 N–H and O–H groups in total. The summed E-state index contributed by atoms with van der Waals surface area (Å²) in [5.74, 6) is 1.17. The van der Waals surface area contributed by atoms with E-state index in [2.05, 4.69) is 0 Å². The van der Waals surface area contributed by atoms with Crippen LogP contribution in [0.1, 0.15) is 39.0 Å². The van der Waals surface area contributed by atoms with Crippen molar-refractivity contribution >= 4 is 5.78 Å². The summed E-state index contributed by atoms with van der Waals surface area (Å²) in [6.45, 7) is 4.37. The van der Waals surface area contributed by atoms with Crippen molar-refractivity contribution in [3.63, 3.8) is 0 Å². The maximum absolute atomic E-state index is 11.8. The standard InChI is InChI=1S/C12H23NO2/c1-10(3-2-6-13)12(14)9-11-4-7-15-8-5-11/h10-11H,2-9,13H2,1H3. The van der Waals surface area contributed by atoms with Crippen LogP contribution in [-0.4, -0.2) is 25.5 Å². The molecule has 0 spiro atoms. The summed E-state index contributed by atoms with van der Waals surface area (Å²) in [7, 11) is 0. The maximum Gasteiger partial charge on any atom is 0.135 e. The van der Waals surface area contributed by atoms with E-state index in [9.17, 15) is 4.79 Å². The van der Waals surface area contributed by atoms with Gasteiger partial charge in [-0.15, -0.1) is 0 Å². The zero-order chi connectivity index (χ0) is 11.1. The van der Waals surface area contributed by atoms with E-state index >= 15 is 0 Å². The van der Waals surface area contributed by atoms with Crippen molar-refractivity contribution in [2.24, 2.45) is 17.6 Å². The molecule has 1 aliphatic rings. The number of hydrogen-bond acceptors (Lipinski definition) is 3. The van der Waals surface area contributed by atoms with E-state index < -0.39 is 0 Å². The second kappa shape index (κ2) is 6.96. The maximum atomic E-state index is 11.8. The minimum atomic E-state index is 0.191. The Morgan fingerprint density at radius 2 is 2.13 bits per heavy atom. The van der Waals surface area contributed by atoms with E-state index in [-0.39, 0.29) is 5.92 Å². The first-order valence-corrected chi connectivity index (χ1v) is 6.04. The Bertz CT molecular complexity index is 188. The average molecular weight is 213 g/mol. The lowest BCUT2D eigenvalue weighted by molar-refractivity contribution is -0.124. The molecule has 0 amide bonds. The molecular weight excluding hydrogens is 190 g/mol. The Balaban J connectivity index is 2.20. The lowest BCUT2D eigenvalue weighted by Crippen LogP contribution is -2.22. The van der Waals surface area contributed by atoms with Crippen LogP contribution in [0.15, 0.2) is 0 Å². The normalized spacial score (nSPS) is 20.1. The van der Waals surface area contributed by atoms with Crippen molar-refractivity contribution in [3.05, 3.63) is 0 Å². The summed E-state index contributed by atoms with van der Waals surface area (Å²) in [6.07, 6.45) is 4.75. The van der Waals surface area contributed by atoms with Gasteiger partial charge >= 0.3 is 0 Å². The molecule has 1 atom stereocenters. The van der Waals surface area contributed by atoms with Crippen molar-refractivity contribution in [1.82, 2.24) is 0 Å². The Labute approximate surface area is 92.4 Å². The number of carbonyl (C=O) groups is 1. The van der Waals surface area contributed by atoms with Gasteiger partial charge in [-0.3, -0.25) is 4.79 Å². The van der Waals surface area contributed by atoms with Gasteiger partial charge in [-0.25, -0.2) is 0 Å². The van der Waals surface area contributed by atoms with Gasteiger partial charge in [0.15, 0.2) is 0 Å². The molecule has 1 unspecified atom stereocenters. The molecular formula is C12H23NO2. The van der Waals surface area contributed by atoms with Crippen LogP contribution < -0.4 is 5.73 Å². The number of rotatable bonds is 6. The van der Waals surface area contributed by atoms with Gasteiger partial charge in [-0.2, -0.15) is 0 Å². The molecule has 15 heavy (non-hydrogen) atoms. The summed E-state index contributed by atoms with van der Waals surface area (Å²) in [5, 5.41) is 0. The fourth-order valence-electron chi connectivity index (χ4n) is 2.02. The molecule has 1 saturated heterocycles. The average Bonchev–Trinajstić information content (AvgIpc) is 2.27. The number of ketones is 1. The third kappa shape index (κ3) is 4.76. The van der Waals surface area contributed by atoms with E-state index in [0.717, 1.165) is 45.3 Å². The summed E-state index contributed by atoms with van der Waals surface area (Å²) < 4.78 is 5.28. The van der Waals surface area contributed by atoms with Crippen LogP contribution in [0.4, 0.5) is 0 Å². The van der Waals surface area contributed by atoms with Crippen LogP contribution in [-0.2, 0) is 9.53 Å². The smallest absolute Gasteiger partial charge is 0.135 e. The van der Waals surface area contributed by atoms with Crippen LogP contribution in [0.3, 0.4) is 0 Å². The van der Waals surface area contributed by atoms with Crippen molar-refractivity contribution in [3.8, 4) is 0 Å². The second-order valence-corrected chi connectivity index (χ2v) is 4.56. The van der Waals surface area contributed by atoms with Crippen molar-refractivity contribution in [2.45, 2.75) is 39.0 Å². The number of Topliss-reactive ketones (excluding diaryl/α,β-unsaturated/α-hetero) is 1. The molecule has 1 fully saturated rings. The van der Waals surface area contributed by atoms with Gasteiger partial charge in [0.05, 0.1) is 0 Å². The summed E-state index contributed by atoms with van der Waals surface area (Å²) >= 11 is 0. The Kier molecular flexibility index (Phi) is 5.88. The fourth-order valence-corrected chi connectivity index (χ4v) is 2.02. The van der Waals surface area contributed by atoms with Crippen LogP contribution in [0.25, 0.3) is 0 Å². The summed E-state index contributed by atoms with van der Waals surface area (Å²) in [4.78, 5) is 11.8. The first-order valence-electron chi connectivity index (χ1n) is 6.04.